The Bertz CT molecular complexity index is 733. The van der Waals surface area contributed by atoms with E-state index in [0.29, 0.717) is 36.3 Å². The molecule has 0 saturated heterocycles. The highest BCUT2D eigenvalue weighted by Gasteiger charge is 2.16. The lowest BCUT2D eigenvalue weighted by Crippen LogP contribution is -2.37. The highest BCUT2D eigenvalue weighted by Crippen LogP contribution is 2.28. The zero-order valence-corrected chi connectivity index (χ0v) is 18.1. The minimum atomic E-state index is -0.601. The van der Waals surface area contributed by atoms with Gasteiger partial charge in [0.15, 0.2) is 11.5 Å². The van der Waals surface area contributed by atoms with Crippen molar-refractivity contribution >= 4 is 0 Å². The fourth-order valence-corrected chi connectivity index (χ4v) is 3.17. The molecule has 6 nitrogen and oxygen atoms in total. The number of rotatable bonds is 12. The molecule has 1 atom stereocenters. The largest absolute Gasteiger partial charge is 0.497 e. The van der Waals surface area contributed by atoms with Crippen LogP contribution in [0.25, 0.3) is 0 Å². The van der Waals surface area contributed by atoms with Crippen molar-refractivity contribution in [2.45, 2.75) is 26.5 Å². The van der Waals surface area contributed by atoms with E-state index in [-0.39, 0.29) is 6.61 Å². The number of aliphatic hydroxyl groups excluding tert-OH is 1. The summed E-state index contributed by atoms with van der Waals surface area (Å²) < 4.78 is 21.6. The number of ether oxygens (including phenoxy) is 4. The summed E-state index contributed by atoms with van der Waals surface area (Å²) in [6.07, 6.45) is -0.601. The molecule has 0 aliphatic heterocycles. The molecule has 6 heteroatoms. The molecule has 0 aromatic heterocycles. The van der Waals surface area contributed by atoms with Gasteiger partial charge in [0, 0.05) is 19.6 Å². The lowest BCUT2D eigenvalue weighted by atomic mass is 10.1. The maximum atomic E-state index is 10.5. The number of nitrogens with zero attached hydrogens (tertiary/aromatic N) is 1. The first-order valence-electron chi connectivity index (χ1n) is 9.83. The minimum Gasteiger partial charge on any atom is -0.497 e. The van der Waals surface area contributed by atoms with E-state index < -0.39 is 6.10 Å². The molecular weight excluding hydrogens is 370 g/mol. The molecule has 2 aromatic rings. The number of methoxy groups -OCH3 is 3. The Hall–Kier alpha value is -2.44. The van der Waals surface area contributed by atoms with Crippen LogP contribution in [0.3, 0.4) is 0 Å². The van der Waals surface area contributed by atoms with E-state index in [1.807, 2.05) is 42.5 Å². The fourth-order valence-electron chi connectivity index (χ4n) is 3.17. The van der Waals surface area contributed by atoms with Crippen LogP contribution in [0.1, 0.15) is 19.4 Å². The number of benzene rings is 2. The van der Waals surface area contributed by atoms with Crippen LogP contribution in [-0.4, -0.2) is 57.1 Å². The van der Waals surface area contributed by atoms with Gasteiger partial charge in [-0.3, -0.25) is 4.90 Å². The quantitative estimate of drug-likeness (QED) is 0.584. The van der Waals surface area contributed by atoms with Crippen molar-refractivity contribution in [2.75, 3.05) is 41.0 Å². The van der Waals surface area contributed by atoms with Gasteiger partial charge in [-0.2, -0.15) is 0 Å². The summed E-state index contributed by atoms with van der Waals surface area (Å²) in [6, 6.07) is 13.3. The van der Waals surface area contributed by atoms with E-state index in [1.165, 1.54) is 0 Å². The molecule has 1 N–H and O–H groups in total. The molecule has 0 amide bonds. The van der Waals surface area contributed by atoms with Crippen LogP contribution in [0.2, 0.25) is 0 Å². The van der Waals surface area contributed by atoms with Gasteiger partial charge in [-0.05, 0) is 47.9 Å². The number of aliphatic hydroxyl groups is 1. The first kappa shape index (κ1) is 22.8. The molecule has 0 heterocycles. The van der Waals surface area contributed by atoms with Gasteiger partial charge < -0.3 is 24.1 Å². The summed E-state index contributed by atoms with van der Waals surface area (Å²) in [7, 11) is 4.89. The Morgan fingerprint density at radius 3 is 2.07 bits per heavy atom. The lowest BCUT2D eigenvalue weighted by Gasteiger charge is -2.27. The molecule has 0 aliphatic carbocycles. The van der Waals surface area contributed by atoms with Crippen molar-refractivity contribution in [2.24, 2.45) is 5.92 Å². The SMILES string of the molecule is COc1ccc(OC[C@@H](O)CN(Cc2ccc(OC)c(OC)c2)CC(C)C)cc1. The second-order valence-corrected chi connectivity index (χ2v) is 7.42. The van der Waals surface area contributed by atoms with Gasteiger partial charge in [0.1, 0.15) is 24.2 Å². The third kappa shape index (κ3) is 7.48. The standard InChI is InChI=1S/C23H33NO5/c1-17(2)13-24(14-18-6-11-22(27-4)23(12-18)28-5)15-19(25)16-29-21-9-7-20(26-3)8-10-21/h6-12,17,19,25H,13-16H2,1-5H3/t19-/m0/s1. The van der Waals surface area contributed by atoms with Crippen LogP contribution in [0.5, 0.6) is 23.0 Å². The average molecular weight is 404 g/mol. The molecule has 0 saturated carbocycles. The normalized spacial score (nSPS) is 12.1. The Morgan fingerprint density at radius 2 is 1.48 bits per heavy atom. The molecule has 2 rings (SSSR count). The monoisotopic (exact) mass is 403 g/mol. The van der Waals surface area contributed by atoms with E-state index >= 15 is 0 Å². The van der Waals surface area contributed by atoms with Gasteiger partial charge in [0.25, 0.3) is 0 Å². The second kappa shape index (κ2) is 11.5. The third-order valence-corrected chi connectivity index (χ3v) is 4.45. The van der Waals surface area contributed by atoms with Crippen LogP contribution in [0, 0.1) is 5.92 Å². The topological polar surface area (TPSA) is 60.4 Å². The van der Waals surface area contributed by atoms with Crippen molar-refractivity contribution in [3.05, 3.63) is 48.0 Å². The van der Waals surface area contributed by atoms with Crippen LogP contribution in [-0.2, 0) is 6.54 Å². The summed E-state index contributed by atoms with van der Waals surface area (Å²) >= 11 is 0. The van der Waals surface area contributed by atoms with E-state index in [4.69, 9.17) is 18.9 Å². The molecule has 0 fully saturated rings. The van der Waals surface area contributed by atoms with Gasteiger partial charge in [0.2, 0.25) is 0 Å². The number of hydrogen-bond donors (Lipinski definition) is 1. The zero-order chi connectivity index (χ0) is 21.2. The highest BCUT2D eigenvalue weighted by molar-refractivity contribution is 5.42. The first-order valence-corrected chi connectivity index (χ1v) is 9.83. The molecular formula is C23H33NO5. The molecule has 2 aromatic carbocycles. The van der Waals surface area contributed by atoms with Crippen LogP contribution in [0.4, 0.5) is 0 Å². The van der Waals surface area contributed by atoms with Crippen LogP contribution in [0.15, 0.2) is 42.5 Å². The fraction of sp³-hybridized carbons (Fsp3) is 0.478. The Kier molecular flexibility index (Phi) is 9.09. The smallest absolute Gasteiger partial charge is 0.161 e. The molecule has 0 bridgehead atoms. The van der Waals surface area contributed by atoms with Gasteiger partial charge in [-0.15, -0.1) is 0 Å². The maximum absolute atomic E-state index is 10.5. The predicted octanol–water partition coefficient (Wildman–Crippen LogP) is 3.61. The maximum Gasteiger partial charge on any atom is 0.161 e. The van der Waals surface area contributed by atoms with Crippen molar-refractivity contribution in [1.29, 1.82) is 0 Å². The van der Waals surface area contributed by atoms with Crippen molar-refractivity contribution < 1.29 is 24.1 Å². The van der Waals surface area contributed by atoms with Crippen LogP contribution >= 0.6 is 0 Å². The first-order chi connectivity index (χ1) is 13.9. The molecule has 160 valence electrons. The molecule has 0 radical (unpaired) electrons. The second-order valence-electron chi connectivity index (χ2n) is 7.42. The molecule has 29 heavy (non-hydrogen) atoms. The van der Waals surface area contributed by atoms with Gasteiger partial charge in [-0.25, -0.2) is 0 Å². The summed E-state index contributed by atoms with van der Waals surface area (Å²) in [6.45, 7) is 6.66. The lowest BCUT2D eigenvalue weighted by molar-refractivity contribution is 0.0614. The van der Waals surface area contributed by atoms with Gasteiger partial charge in [0.05, 0.1) is 21.3 Å². The predicted molar refractivity (Wildman–Crippen MR) is 114 cm³/mol. The Morgan fingerprint density at radius 1 is 0.828 bits per heavy atom. The van der Waals surface area contributed by atoms with Crippen molar-refractivity contribution in [3.8, 4) is 23.0 Å². The highest BCUT2D eigenvalue weighted by atomic mass is 16.5. The van der Waals surface area contributed by atoms with Crippen molar-refractivity contribution in [1.82, 2.24) is 4.90 Å². The molecule has 0 aliphatic rings. The van der Waals surface area contributed by atoms with Crippen LogP contribution < -0.4 is 18.9 Å². The van der Waals surface area contributed by atoms with E-state index in [2.05, 4.69) is 18.7 Å². The number of hydrogen-bond acceptors (Lipinski definition) is 6. The summed E-state index contributed by atoms with van der Waals surface area (Å²) in [5, 5.41) is 10.5. The van der Waals surface area contributed by atoms with E-state index in [1.54, 1.807) is 21.3 Å². The van der Waals surface area contributed by atoms with Gasteiger partial charge in [-0.1, -0.05) is 19.9 Å². The van der Waals surface area contributed by atoms with E-state index in [0.717, 1.165) is 17.9 Å². The Labute approximate surface area is 174 Å². The summed E-state index contributed by atoms with van der Waals surface area (Å²) in [5.74, 6) is 3.37. The third-order valence-electron chi connectivity index (χ3n) is 4.45. The average Bonchev–Trinajstić information content (AvgIpc) is 2.72. The summed E-state index contributed by atoms with van der Waals surface area (Å²) in [5.41, 5.74) is 1.10. The molecule has 0 spiro atoms. The summed E-state index contributed by atoms with van der Waals surface area (Å²) in [4.78, 5) is 2.23. The van der Waals surface area contributed by atoms with Gasteiger partial charge >= 0.3 is 0 Å². The Balaban J connectivity index is 1.96. The zero-order valence-electron chi connectivity index (χ0n) is 18.1. The minimum absolute atomic E-state index is 0.229. The van der Waals surface area contributed by atoms with Crippen molar-refractivity contribution in [3.63, 3.8) is 0 Å². The molecule has 0 unspecified atom stereocenters. The van der Waals surface area contributed by atoms with E-state index in [9.17, 15) is 5.11 Å².